The molecule has 9 heteroatoms. The molecule has 0 spiro atoms. The van der Waals surface area contributed by atoms with Crippen molar-refractivity contribution in [2.75, 3.05) is 6.54 Å². The lowest BCUT2D eigenvalue weighted by Gasteiger charge is -2.06. The van der Waals surface area contributed by atoms with Gasteiger partial charge in [0.15, 0.2) is 3.95 Å². The van der Waals surface area contributed by atoms with Crippen LogP contribution in [0.15, 0.2) is 29.3 Å². The maximum absolute atomic E-state index is 11.6. The Morgan fingerprint density at radius 2 is 2.00 bits per heavy atom. The van der Waals surface area contributed by atoms with Crippen molar-refractivity contribution in [2.45, 2.75) is 38.6 Å². The van der Waals surface area contributed by atoms with Crippen molar-refractivity contribution in [3.63, 3.8) is 0 Å². The normalized spacial score (nSPS) is 13.5. The van der Waals surface area contributed by atoms with E-state index in [0.29, 0.717) is 28.2 Å². The number of aromatic nitrogens is 1. The smallest absolute Gasteiger partial charge is 0.305 e. The standard InChI is InChI=1S/C21H23N3O4S2/c25-18(22-10-9-19(26)27)8-2-1-5-11-24-20(28)17(30-21(24)29)12-14-13-23-16-7-4-3-6-15(14)16/h3-4,6-7,12-13,28H,1-2,5,8-11H2,(H,22,25)(H,26,27)/b14-12-. The second kappa shape index (κ2) is 10.3. The third-order valence-corrected chi connectivity index (χ3v) is 6.07. The number of aliphatic imine (C=N–C) groups is 1. The molecular formula is C21H23N3O4S2. The van der Waals surface area contributed by atoms with Crippen molar-refractivity contribution < 1.29 is 19.8 Å². The molecule has 0 saturated carbocycles. The second-order valence-electron chi connectivity index (χ2n) is 6.89. The van der Waals surface area contributed by atoms with E-state index in [-0.39, 0.29) is 24.8 Å². The average molecular weight is 446 g/mol. The van der Waals surface area contributed by atoms with E-state index in [1.807, 2.05) is 30.3 Å². The van der Waals surface area contributed by atoms with E-state index in [1.54, 1.807) is 10.8 Å². The number of allylic oxidation sites excluding steroid dienone is 1. The molecule has 1 aliphatic rings. The van der Waals surface area contributed by atoms with E-state index in [0.717, 1.165) is 29.7 Å². The molecule has 7 nitrogen and oxygen atoms in total. The number of para-hydroxylation sites is 1. The van der Waals surface area contributed by atoms with Gasteiger partial charge in [0, 0.05) is 36.9 Å². The Kier molecular flexibility index (Phi) is 7.53. The average Bonchev–Trinajstić information content (AvgIpc) is 3.23. The van der Waals surface area contributed by atoms with E-state index in [9.17, 15) is 14.7 Å². The highest BCUT2D eigenvalue weighted by Crippen LogP contribution is 2.35. The zero-order valence-electron chi connectivity index (χ0n) is 16.3. The van der Waals surface area contributed by atoms with Gasteiger partial charge in [-0.15, -0.1) is 11.3 Å². The maximum atomic E-state index is 11.6. The molecule has 2 heterocycles. The summed E-state index contributed by atoms with van der Waals surface area (Å²) in [7, 11) is 0. The minimum absolute atomic E-state index is 0.0721. The molecule has 30 heavy (non-hydrogen) atoms. The highest BCUT2D eigenvalue weighted by atomic mass is 32.1. The van der Waals surface area contributed by atoms with Gasteiger partial charge in [-0.2, -0.15) is 0 Å². The number of carbonyl (C=O) groups excluding carboxylic acids is 1. The highest BCUT2D eigenvalue weighted by molar-refractivity contribution is 7.73. The number of rotatable bonds is 10. The first-order valence-electron chi connectivity index (χ1n) is 9.72. The van der Waals surface area contributed by atoms with Gasteiger partial charge >= 0.3 is 5.97 Å². The van der Waals surface area contributed by atoms with Gasteiger partial charge in [-0.1, -0.05) is 24.6 Å². The quantitative estimate of drug-likeness (QED) is 0.372. The predicted molar refractivity (Wildman–Crippen MR) is 121 cm³/mol. The van der Waals surface area contributed by atoms with Crippen molar-refractivity contribution in [1.29, 1.82) is 0 Å². The number of aromatic hydroxyl groups is 1. The van der Waals surface area contributed by atoms with Crippen LogP contribution in [0, 0.1) is 3.95 Å². The van der Waals surface area contributed by atoms with Crippen LogP contribution in [0.2, 0.25) is 0 Å². The topological polar surface area (TPSA) is 104 Å². The summed E-state index contributed by atoms with van der Waals surface area (Å²) in [6, 6.07) is 7.85. The van der Waals surface area contributed by atoms with Crippen molar-refractivity contribution in [2.24, 2.45) is 4.99 Å². The fourth-order valence-electron chi connectivity index (χ4n) is 3.13. The number of benzene rings is 1. The minimum atomic E-state index is -0.929. The van der Waals surface area contributed by atoms with Gasteiger partial charge in [0.2, 0.25) is 11.8 Å². The molecule has 1 amide bonds. The summed E-state index contributed by atoms with van der Waals surface area (Å²) in [5.41, 5.74) is 2.89. The minimum Gasteiger partial charge on any atom is -0.493 e. The molecule has 3 N–H and O–H groups in total. The Bertz CT molecular complexity index is 1050. The largest absolute Gasteiger partial charge is 0.493 e. The van der Waals surface area contributed by atoms with E-state index in [4.69, 9.17) is 17.3 Å². The summed E-state index contributed by atoms with van der Waals surface area (Å²) in [6.07, 6.45) is 6.26. The van der Waals surface area contributed by atoms with Crippen LogP contribution < -0.4 is 5.32 Å². The molecule has 0 aliphatic carbocycles. The fraction of sp³-hybridized carbons (Fsp3) is 0.333. The molecule has 2 aromatic rings. The van der Waals surface area contributed by atoms with Crippen LogP contribution in [0.1, 0.15) is 42.5 Å². The summed E-state index contributed by atoms with van der Waals surface area (Å²) in [6.45, 7) is 0.731. The van der Waals surface area contributed by atoms with Crippen LogP contribution >= 0.6 is 23.6 Å². The Labute approximate surface area is 183 Å². The first kappa shape index (κ1) is 21.9. The lowest BCUT2D eigenvalue weighted by molar-refractivity contribution is -0.136. The zero-order valence-corrected chi connectivity index (χ0v) is 18.0. The predicted octanol–water partition coefficient (Wildman–Crippen LogP) is 4.39. The second-order valence-corrected chi connectivity index (χ2v) is 8.56. The summed E-state index contributed by atoms with van der Waals surface area (Å²) < 4.78 is 2.33. The summed E-state index contributed by atoms with van der Waals surface area (Å²) >= 11 is 6.77. The number of hydrogen-bond acceptors (Lipinski definition) is 6. The SMILES string of the molecule is O=C(O)CCNC(=O)CCCCCn1c(O)c(/C=C2/C=Nc3ccccc32)sc1=S. The lowest BCUT2D eigenvalue weighted by atomic mass is 10.1. The first-order valence-corrected chi connectivity index (χ1v) is 10.9. The molecule has 0 radical (unpaired) electrons. The Balaban J connectivity index is 1.50. The Morgan fingerprint density at radius 1 is 1.20 bits per heavy atom. The van der Waals surface area contributed by atoms with Crippen LogP contribution in [0.4, 0.5) is 5.69 Å². The number of aliphatic carboxylic acids is 1. The van der Waals surface area contributed by atoms with Gasteiger partial charge in [0.05, 0.1) is 17.0 Å². The molecule has 0 bridgehead atoms. The number of thiazole rings is 1. The molecule has 0 saturated heterocycles. The van der Waals surface area contributed by atoms with Crippen LogP contribution in [-0.4, -0.2) is 39.4 Å². The van der Waals surface area contributed by atoms with E-state index >= 15 is 0 Å². The van der Waals surface area contributed by atoms with E-state index in [1.165, 1.54) is 11.3 Å². The molecule has 3 rings (SSSR count). The number of unbranched alkanes of at least 4 members (excludes halogenated alkanes) is 2. The number of nitrogens with one attached hydrogen (secondary N) is 1. The highest BCUT2D eigenvalue weighted by Gasteiger charge is 2.15. The third kappa shape index (κ3) is 5.64. The van der Waals surface area contributed by atoms with E-state index < -0.39 is 5.97 Å². The fourth-order valence-corrected chi connectivity index (χ4v) is 4.44. The van der Waals surface area contributed by atoms with Crippen molar-refractivity contribution in [3.8, 4) is 5.88 Å². The van der Waals surface area contributed by atoms with Crippen LogP contribution in [0.3, 0.4) is 0 Å². The van der Waals surface area contributed by atoms with E-state index in [2.05, 4.69) is 10.3 Å². The van der Waals surface area contributed by atoms with Crippen LogP contribution in [-0.2, 0) is 16.1 Å². The number of amides is 1. The number of carboxylic acids is 1. The van der Waals surface area contributed by atoms with Gasteiger partial charge in [-0.3, -0.25) is 19.1 Å². The zero-order chi connectivity index (χ0) is 21.5. The molecule has 1 aromatic heterocycles. The van der Waals surface area contributed by atoms with Gasteiger partial charge in [0.25, 0.3) is 0 Å². The Hall–Kier alpha value is -2.78. The van der Waals surface area contributed by atoms with Crippen LogP contribution in [0.5, 0.6) is 5.88 Å². The molecule has 1 aromatic carbocycles. The van der Waals surface area contributed by atoms with Crippen molar-refractivity contribution >= 4 is 59.0 Å². The van der Waals surface area contributed by atoms with Crippen molar-refractivity contribution in [1.82, 2.24) is 9.88 Å². The monoisotopic (exact) mass is 445 g/mol. The van der Waals surface area contributed by atoms with Gasteiger partial charge in [-0.25, -0.2) is 0 Å². The molecule has 0 fully saturated rings. The molecule has 0 atom stereocenters. The number of carboxylic acid groups (broad SMARTS) is 1. The number of carbonyl (C=O) groups is 2. The maximum Gasteiger partial charge on any atom is 0.305 e. The number of hydrogen-bond donors (Lipinski definition) is 3. The lowest BCUT2D eigenvalue weighted by Crippen LogP contribution is -2.25. The molecule has 1 aliphatic heterocycles. The third-order valence-electron chi connectivity index (χ3n) is 4.68. The van der Waals surface area contributed by atoms with Crippen LogP contribution in [0.25, 0.3) is 11.6 Å². The number of nitrogens with zero attached hydrogens (tertiary/aromatic N) is 2. The Morgan fingerprint density at radius 3 is 2.80 bits per heavy atom. The first-order chi connectivity index (χ1) is 14.5. The van der Waals surface area contributed by atoms with Gasteiger partial charge < -0.3 is 15.5 Å². The summed E-state index contributed by atoms with van der Waals surface area (Å²) in [4.78, 5) is 27.2. The van der Waals surface area contributed by atoms with Crippen molar-refractivity contribution in [3.05, 3.63) is 38.7 Å². The number of fused-ring (bicyclic) bond motifs is 1. The van der Waals surface area contributed by atoms with Gasteiger partial charge in [-0.05, 0) is 37.2 Å². The van der Waals surface area contributed by atoms with Gasteiger partial charge in [0.1, 0.15) is 0 Å². The molecular weight excluding hydrogens is 422 g/mol. The molecule has 158 valence electrons. The summed E-state index contributed by atoms with van der Waals surface area (Å²) in [5, 5.41) is 21.8. The molecule has 0 unspecified atom stereocenters. The summed E-state index contributed by atoms with van der Waals surface area (Å²) in [5.74, 6) is -0.914.